The molecule has 1 aromatic rings. The third-order valence-electron chi connectivity index (χ3n) is 4.22. The lowest BCUT2D eigenvalue weighted by Gasteiger charge is -2.40. The normalized spacial score (nSPS) is 21.3. The summed E-state index contributed by atoms with van der Waals surface area (Å²) in [7, 11) is 0. The van der Waals surface area contributed by atoms with Crippen molar-refractivity contribution in [2.75, 3.05) is 6.54 Å². The molecule has 1 nitrogen and oxygen atoms in total. The fourth-order valence-corrected chi connectivity index (χ4v) is 3.48. The summed E-state index contributed by atoms with van der Waals surface area (Å²) in [5, 5.41) is 3.73. The lowest BCUT2D eigenvalue weighted by atomic mass is 9.69. The van der Waals surface area contributed by atoms with E-state index in [-0.39, 0.29) is 0 Å². The van der Waals surface area contributed by atoms with Gasteiger partial charge < -0.3 is 5.32 Å². The third-order valence-corrected chi connectivity index (χ3v) is 4.22. The van der Waals surface area contributed by atoms with Crippen molar-refractivity contribution in [2.24, 2.45) is 11.8 Å². The summed E-state index contributed by atoms with van der Waals surface area (Å²) in [5.41, 5.74) is 3.14. The average molecular weight is 245 g/mol. The Morgan fingerprint density at radius 2 is 1.94 bits per heavy atom. The zero-order valence-electron chi connectivity index (χ0n) is 12.2. The smallest absolute Gasteiger partial charge is 0.0165 e. The highest BCUT2D eigenvalue weighted by Crippen LogP contribution is 2.40. The molecule has 0 bridgehead atoms. The predicted octanol–water partition coefficient (Wildman–Crippen LogP) is 3.99. The molecule has 0 spiro atoms. The molecule has 1 aliphatic rings. The van der Waals surface area contributed by atoms with Crippen molar-refractivity contribution in [2.45, 2.75) is 52.5 Å². The molecule has 0 saturated heterocycles. The van der Waals surface area contributed by atoms with E-state index in [1.54, 1.807) is 11.1 Å². The molecule has 2 rings (SSSR count). The SMILES string of the molecule is CCNC(C(C)CC(C)C)C1Cc2ccccc21. The Kier molecular flexibility index (Phi) is 4.45. The second-order valence-electron chi connectivity index (χ2n) is 6.20. The van der Waals surface area contributed by atoms with Gasteiger partial charge in [-0.05, 0) is 42.3 Å². The van der Waals surface area contributed by atoms with Gasteiger partial charge in [0.05, 0.1) is 0 Å². The third kappa shape index (κ3) is 2.77. The van der Waals surface area contributed by atoms with E-state index in [1.807, 2.05) is 0 Å². The van der Waals surface area contributed by atoms with Crippen LogP contribution in [-0.4, -0.2) is 12.6 Å². The summed E-state index contributed by atoms with van der Waals surface area (Å²) in [6.07, 6.45) is 2.58. The van der Waals surface area contributed by atoms with E-state index in [4.69, 9.17) is 0 Å². The van der Waals surface area contributed by atoms with Crippen LogP contribution in [0.4, 0.5) is 0 Å². The van der Waals surface area contributed by atoms with E-state index in [9.17, 15) is 0 Å². The minimum Gasteiger partial charge on any atom is -0.313 e. The molecule has 100 valence electrons. The van der Waals surface area contributed by atoms with E-state index < -0.39 is 0 Å². The van der Waals surface area contributed by atoms with Crippen molar-refractivity contribution in [3.05, 3.63) is 35.4 Å². The van der Waals surface area contributed by atoms with Gasteiger partial charge in [-0.3, -0.25) is 0 Å². The quantitative estimate of drug-likeness (QED) is 0.799. The van der Waals surface area contributed by atoms with Crippen LogP contribution in [-0.2, 0) is 6.42 Å². The van der Waals surface area contributed by atoms with E-state index in [2.05, 4.69) is 57.3 Å². The molecule has 18 heavy (non-hydrogen) atoms. The van der Waals surface area contributed by atoms with Crippen molar-refractivity contribution < 1.29 is 0 Å². The summed E-state index contributed by atoms with van der Waals surface area (Å²) in [4.78, 5) is 0. The number of hydrogen-bond acceptors (Lipinski definition) is 1. The second-order valence-corrected chi connectivity index (χ2v) is 6.20. The molecule has 0 saturated carbocycles. The first kappa shape index (κ1) is 13.6. The van der Waals surface area contributed by atoms with Crippen molar-refractivity contribution in [1.82, 2.24) is 5.32 Å². The highest BCUT2D eigenvalue weighted by atomic mass is 14.9. The zero-order chi connectivity index (χ0) is 13.1. The highest BCUT2D eigenvalue weighted by Gasteiger charge is 2.35. The fraction of sp³-hybridized carbons (Fsp3) is 0.647. The number of likely N-dealkylation sites (N-methyl/N-ethyl adjacent to an activating group) is 1. The summed E-state index contributed by atoms with van der Waals surface area (Å²) in [5.74, 6) is 2.27. The van der Waals surface area contributed by atoms with E-state index in [0.717, 1.165) is 24.3 Å². The van der Waals surface area contributed by atoms with Crippen molar-refractivity contribution in [3.63, 3.8) is 0 Å². The molecule has 0 amide bonds. The molecule has 1 heteroatoms. The first-order valence-corrected chi connectivity index (χ1v) is 7.44. The molecule has 0 heterocycles. The molecule has 0 aliphatic heterocycles. The molecule has 1 aromatic carbocycles. The first-order chi connectivity index (χ1) is 8.63. The number of nitrogens with one attached hydrogen (secondary N) is 1. The number of hydrogen-bond donors (Lipinski definition) is 1. The minimum atomic E-state index is 0.646. The lowest BCUT2D eigenvalue weighted by Crippen LogP contribution is -2.44. The van der Waals surface area contributed by atoms with Gasteiger partial charge in [0.15, 0.2) is 0 Å². The second kappa shape index (κ2) is 5.88. The van der Waals surface area contributed by atoms with Crippen molar-refractivity contribution in [1.29, 1.82) is 0 Å². The lowest BCUT2D eigenvalue weighted by molar-refractivity contribution is 0.273. The molecular weight excluding hydrogens is 218 g/mol. The van der Waals surface area contributed by atoms with E-state index >= 15 is 0 Å². The van der Waals surface area contributed by atoms with Gasteiger partial charge in [0.2, 0.25) is 0 Å². The largest absolute Gasteiger partial charge is 0.313 e. The maximum atomic E-state index is 3.73. The zero-order valence-corrected chi connectivity index (χ0v) is 12.2. The summed E-state index contributed by atoms with van der Waals surface area (Å²) < 4.78 is 0. The Morgan fingerprint density at radius 3 is 2.56 bits per heavy atom. The van der Waals surface area contributed by atoms with Crippen LogP contribution < -0.4 is 5.32 Å². The Bertz CT molecular complexity index is 383. The van der Waals surface area contributed by atoms with Crippen LogP contribution in [0.3, 0.4) is 0 Å². The minimum absolute atomic E-state index is 0.646. The van der Waals surface area contributed by atoms with Crippen molar-refractivity contribution >= 4 is 0 Å². The van der Waals surface area contributed by atoms with Crippen LogP contribution in [0.1, 0.15) is 51.2 Å². The van der Waals surface area contributed by atoms with Crippen molar-refractivity contribution in [3.8, 4) is 0 Å². The van der Waals surface area contributed by atoms with Gasteiger partial charge in [-0.25, -0.2) is 0 Å². The van der Waals surface area contributed by atoms with Gasteiger partial charge in [-0.15, -0.1) is 0 Å². The van der Waals surface area contributed by atoms with Gasteiger partial charge in [0, 0.05) is 12.0 Å². The maximum Gasteiger partial charge on any atom is 0.0165 e. The Labute approximate surface area is 112 Å². The van der Waals surface area contributed by atoms with E-state index in [1.165, 1.54) is 12.8 Å². The van der Waals surface area contributed by atoms with Gasteiger partial charge >= 0.3 is 0 Å². The topological polar surface area (TPSA) is 12.0 Å². The molecule has 1 aliphatic carbocycles. The number of benzene rings is 1. The Hall–Kier alpha value is -0.820. The van der Waals surface area contributed by atoms with Crippen LogP contribution in [0, 0.1) is 11.8 Å². The molecule has 1 N–H and O–H groups in total. The van der Waals surface area contributed by atoms with Gasteiger partial charge in [-0.1, -0.05) is 52.0 Å². The number of rotatable bonds is 6. The summed E-state index contributed by atoms with van der Waals surface area (Å²) >= 11 is 0. The fourth-order valence-electron chi connectivity index (χ4n) is 3.48. The van der Waals surface area contributed by atoms with Crippen LogP contribution in [0.25, 0.3) is 0 Å². The standard InChI is InChI=1S/C17H27N/c1-5-18-17(13(4)10-12(2)3)16-11-14-8-6-7-9-15(14)16/h6-9,12-13,16-18H,5,10-11H2,1-4H3. The molecule has 0 aromatic heterocycles. The predicted molar refractivity (Wildman–Crippen MR) is 79.0 cm³/mol. The molecule has 3 unspecified atom stereocenters. The van der Waals surface area contributed by atoms with E-state index in [0.29, 0.717) is 6.04 Å². The molecule has 0 radical (unpaired) electrons. The summed E-state index contributed by atoms with van der Waals surface area (Å²) in [6, 6.07) is 9.58. The van der Waals surface area contributed by atoms with Gasteiger partial charge in [0.1, 0.15) is 0 Å². The molecule has 3 atom stereocenters. The summed E-state index contributed by atoms with van der Waals surface area (Å²) in [6.45, 7) is 10.4. The highest BCUT2D eigenvalue weighted by molar-refractivity contribution is 5.41. The molecule has 0 fully saturated rings. The van der Waals surface area contributed by atoms with Crippen LogP contribution in [0.5, 0.6) is 0 Å². The Balaban J connectivity index is 2.08. The van der Waals surface area contributed by atoms with Crippen LogP contribution in [0.2, 0.25) is 0 Å². The van der Waals surface area contributed by atoms with Crippen LogP contribution >= 0.6 is 0 Å². The van der Waals surface area contributed by atoms with Gasteiger partial charge in [-0.2, -0.15) is 0 Å². The molecular formula is C17H27N. The maximum absolute atomic E-state index is 3.73. The van der Waals surface area contributed by atoms with Crippen LogP contribution in [0.15, 0.2) is 24.3 Å². The number of fused-ring (bicyclic) bond motifs is 1. The Morgan fingerprint density at radius 1 is 1.22 bits per heavy atom. The average Bonchev–Trinajstić information content (AvgIpc) is 2.28. The van der Waals surface area contributed by atoms with Gasteiger partial charge in [0.25, 0.3) is 0 Å². The first-order valence-electron chi connectivity index (χ1n) is 7.44. The monoisotopic (exact) mass is 245 g/mol.